The van der Waals surface area contributed by atoms with Gasteiger partial charge in [0.2, 0.25) is 0 Å². The molecule has 1 heterocycles. The standard InChI is InChI=1S/C12H12FNO4/c13-10-2-1-8(7-9(10)12(16)17)11(15)14-3-5-18-6-4-14/h1-2,7H,3-6H2,(H,16,17). The number of ether oxygens (including phenoxy) is 1. The number of carbonyl (C=O) groups excluding carboxylic acids is 1. The summed E-state index contributed by atoms with van der Waals surface area (Å²) in [4.78, 5) is 24.4. The maximum absolute atomic E-state index is 13.2. The van der Waals surface area contributed by atoms with Gasteiger partial charge in [0.25, 0.3) is 5.91 Å². The summed E-state index contributed by atoms with van der Waals surface area (Å²) in [6.45, 7) is 1.83. The maximum atomic E-state index is 13.2. The van der Waals surface area contributed by atoms with Crippen LogP contribution in [0.1, 0.15) is 20.7 Å². The molecule has 1 saturated heterocycles. The van der Waals surface area contributed by atoms with Crippen molar-refractivity contribution in [2.45, 2.75) is 0 Å². The Labute approximate surface area is 103 Å². The van der Waals surface area contributed by atoms with Crippen molar-refractivity contribution >= 4 is 11.9 Å². The summed E-state index contributed by atoms with van der Waals surface area (Å²) >= 11 is 0. The number of aromatic carboxylic acids is 1. The fourth-order valence-corrected chi connectivity index (χ4v) is 1.77. The zero-order valence-corrected chi connectivity index (χ0v) is 9.56. The number of morpholine rings is 1. The van der Waals surface area contributed by atoms with Crippen LogP contribution in [-0.4, -0.2) is 48.2 Å². The number of amides is 1. The number of carboxylic acid groups (broad SMARTS) is 1. The van der Waals surface area contributed by atoms with E-state index in [1.54, 1.807) is 4.90 Å². The molecule has 6 heteroatoms. The lowest BCUT2D eigenvalue weighted by atomic mass is 10.1. The Bertz CT molecular complexity index is 483. The van der Waals surface area contributed by atoms with Crippen molar-refractivity contribution in [1.29, 1.82) is 0 Å². The van der Waals surface area contributed by atoms with Crippen molar-refractivity contribution in [3.8, 4) is 0 Å². The van der Waals surface area contributed by atoms with Gasteiger partial charge in [0.05, 0.1) is 18.8 Å². The molecule has 0 unspecified atom stereocenters. The van der Waals surface area contributed by atoms with Crippen LogP contribution in [0, 0.1) is 5.82 Å². The van der Waals surface area contributed by atoms with Crippen molar-refractivity contribution in [1.82, 2.24) is 4.90 Å². The lowest BCUT2D eigenvalue weighted by Crippen LogP contribution is -2.40. The zero-order chi connectivity index (χ0) is 13.1. The Kier molecular flexibility index (Phi) is 3.57. The van der Waals surface area contributed by atoms with Crippen molar-refractivity contribution < 1.29 is 23.8 Å². The molecule has 0 spiro atoms. The second-order valence-corrected chi connectivity index (χ2v) is 3.90. The van der Waals surface area contributed by atoms with Gasteiger partial charge in [-0.25, -0.2) is 9.18 Å². The van der Waals surface area contributed by atoms with Gasteiger partial charge in [0.1, 0.15) is 5.82 Å². The van der Waals surface area contributed by atoms with Gasteiger partial charge >= 0.3 is 5.97 Å². The molecule has 96 valence electrons. The lowest BCUT2D eigenvalue weighted by Gasteiger charge is -2.26. The summed E-state index contributed by atoms with van der Waals surface area (Å²) < 4.78 is 18.3. The van der Waals surface area contributed by atoms with Gasteiger partial charge in [-0.05, 0) is 18.2 Å². The van der Waals surface area contributed by atoms with Crippen molar-refractivity contribution in [3.05, 3.63) is 35.1 Å². The molecule has 0 saturated carbocycles. The Morgan fingerprint density at radius 3 is 2.56 bits per heavy atom. The van der Waals surface area contributed by atoms with Gasteiger partial charge in [-0.1, -0.05) is 0 Å². The first kappa shape index (κ1) is 12.5. The number of carboxylic acids is 1. The molecule has 1 N–H and O–H groups in total. The van der Waals surface area contributed by atoms with Crippen LogP contribution in [0.4, 0.5) is 4.39 Å². The maximum Gasteiger partial charge on any atom is 0.338 e. The van der Waals surface area contributed by atoms with Crippen LogP contribution in [0.25, 0.3) is 0 Å². The number of halogens is 1. The third kappa shape index (κ3) is 2.48. The van der Waals surface area contributed by atoms with E-state index in [0.717, 1.165) is 12.1 Å². The molecule has 18 heavy (non-hydrogen) atoms. The van der Waals surface area contributed by atoms with E-state index >= 15 is 0 Å². The van der Waals surface area contributed by atoms with E-state index in [2.05, 4.69) is 0 Å². The first-order chi connectivity index (χ1) is 8.59. The van der Waals surface area contributed by atoms with Gasteiger partial charge in [0.15, 0.2) is 0 Å². The van der Waals surface area contributed by atoms with Gasteiger partial charge in [-0.15, -0.1) is 0 Å². The Balaban J connectivity index is 2.24. The second kappa shape index (κ2) is 5.14. The first-order valence-corrected chi connectivity index (χ1v) is 5.49. The molecular weight excluding hydrogens is 241 g/mol. The molecule has 1 aromatic rings. The summed E-state index contributed by atoms with van der Waals surface area (Å²) in [6.07, 6.45) is 0. The third-order valence-electron chi connectivity index (χ3n) is 2.74. The number of nitrogens with zero attached hydrogens (tertiary/aromatic N) is 1. The number of carbonyl (C=O) groups is 2. The predicted octanol–water partition coefficient (Wildman–Crippen LogP) is 0.996. The summed E-state index contributed by atoms with van der Waals surface area (Å²) in [7, 11) is 0. The molecule has 0 radical (unpaired) electrons. The molecule has 0 atom stereocenters. The first-order valence-electron chi connectivity index (χ1n) is 5.49. The molecule has 1 aliphatic heterocycles. The van der Waals surface area contributed by atoms with Crippen LogP contribution in [0.15, 0.2) is 18.2 Å². The Morgan fingerprint density at radius 1 is 1.28 bits per heavy atom. The highest BCUT2D eigenvalue weighted by atomic mass is 19.1. The van der Waals surface area contributed by atoms with Crippen LogP contribution in [-0.2, 0) is 4.74 Å². The quantitative estimate of drug-likeness (QED) is 0.853. The largest absolute Gasteiger partial charge is 0.478 e. The SMILES string of the molecule is O=C(O)c1cc(C(=O)N2CCOCC2)ccc1F. The molecule has 1 aromatic carbocycles. The summed E-state index contributed by atoms with van der Waals surface area (Å²) in [5.74, 6) is -2.54. The molecule has 1 aliphatic rings. The number of hydrogen-bond acceptors (Lipinski definition) is 3. The normalized spacial score (nSPS) is 15.5. The number of hydrogen-bond donors (Lipinski definition) is 1. The highest BCUT2D eigenvalue weighted by Crippen LogP contribution is 2.13. The van der Waals surface area contributed by atoms with Crippen LogP contribution in [0.3, 0.4) is 0 Å². The smallest absolute Gasteiger partial charge is 0.338 e. The van der Waals surface area contributed by atoms with Gasteiger partial charge in [0, 0.05) is 18.7 Å². The Morgan fingerprint density at radius 2 is 1.94 bits per heavy atom. The average molecular weight is 253 g/mol. The van der Waals surface area contributed by atoms with Crippen molar-refractivity contribution in [2.24, 2.45) is 0 Å². The van der Waals surface area contributed by atoms with E-state index in [-0.39, 0.29) is 11.5 Å². The molecule has 2 rings (SSSR count). The molecule has 0 bridgehead atoms. The van der Waals surface area contributed by atoms with E-state index in [4.69, 9.17) is 9.84 Å². The fraction of sp³-hybridized carbons (Fsp3) is 0.333. The lowest BCUT2D eigenvalue weighted by molar-refractivity contribution is 0.0303. The summed E-state index contributed by atoms with van der Waals surface area (Å²) in [5, 5.41) is 8.80. The van der Waals surface area contributed by atoms with Crippen LogP contribution in [0.2, 0.25) is 0 Å². The van der Waals surface area contributed by atoms with Crippen LogP contribution in [0.5, 0.6) is 0 Å². The Hall–Kier alpha value is -1.95. The van der Waals surface area contributed by atoms with Crippen LogP contribution < -0.4 is 0 Å². The zero-order valence-electron chi connectivity index (χ0n) is 9.56. The van der Waals surface area contributed by atoms with Gasteiger partial charge in [-0.2, -0.15) is 0 Å². The predicted molar refractivity (Wildman–Crippen MR) is 60.1 cm³/mol. The highest BCUT2D eigenvalue weighted by Gasteiger charge is 2.20. The molecule has 1 amide bonds. The minimum absolute atomic E-state index is 0.177. The summed E-state index contributed by atoms with van der Waals surface area (Å²) in [5.41, 5.74) is -0.315. The molecule has 5 nitrogen and oxygen atoms in total. The summed E-state index contributed by atoms with van der Waals surface area (Å²) in [6, 6.07) is 3.35. The van der Waals surface area contributed by atoms with E-state index in [1.165, 1.54) is 6.07 Å². The number of rotatable bonds is 2. The minimum atomic E-state index is -1.39. The van der Waals surface area contributed by atoms with E-state index in [9.17, 15) is 14.0 Å². The second-order valence-electron chi connectivity index (χ2n) is 3.90. The molecule has 0 aromatic heterocycles. The topological polar surface area (TPSA) is 66.8 Å². The third-order valence-corrected chi connectivity index (χ3v) is 2.74. The van der Waals surface area contributed by atoms with E-state index in [0.29, 0.717) is 26.3 Å². The average Bonchev–Trinajstić information content (AvgIpc) is 2.39. The molecular formula is C12H12FNO4. The van der Waals surface area contributed by atoms with E-state index in [1.807, 2.05) is 0 Å². The van der Waals surface area contributed by atoms with Crippen molar-refractivity contribution in [3.63, 3.8) is 0 Å². The van der Waals surface area contributed by atoms with Gasteiger partial charge < -0.3 is 14.7 Å². The molecule has 0 aliphatic carbocycles. The monoisotopic (exact) mass is 253 g/mol. The van der Waals surface area contributed by atoms with Gasteiger partial charge in [-0.3, -0.25) is 4.79 Å². The minimum Gasteiger partial charge on any atom is -0.478 e. The van der Waals surface area contributed by atoms with Crippen LogP contribution >= 0.6 is 0 Å². The highest BCUT2D eigenvalue weighted by molar-refractivity contribution is 5.97. The number of benzene rings is 1. The van der Waals surface area contributed by atoms with Crippen molar-refractivity contribution in [2.75, 3.05) is 26.3 Å². The van der Waals surface area contributed by atoms with E-state index < -0.39 is 17.3 Å². The fourth-order valence-electron chi connectivity index (χ4n) is 1.77. The molecule has 1 fully saturated rings.